The van der Waals surface area contributed by atoms with Crippen molar-refractivity contribution in [2.75, 3.05) is 13.2 Å². The zero-order valence-corrected chi connectivity index (χ0v) is 12.2. The Balaban J connectivity index is 1.51. The summed E-state index contributed by atoms with van der Waals surface area (Å²) in [7, 11) is 0. The van der Waals surface area contributed by atoms with Crippen LogP contribution in [0.1, 0.15) is 30.4 Å². The minimum absolute atomic E-state index is 0.287. The minimum atomic E-state index is 0.287. The van der Waals surface area contributed by atoms with Crippen molar-refractivity contribution < 1.29 is 4.74 Å². The number of hydrazone groups is 1. The Morgan fingerprint density at radius 2 is 2.25 bits per heavy atom. The quantitative estimate of drug-likeness (QED) is 0.660. The Hall–Kier alpha value is -1.46. The standard InChI is InChI=1S/C15H19N3OS/c20-15(16-10-12-5-3-9-19-12)18-17-14-8-7-11-4-1-2-6-13(11)14/h1-2,4,6,12H,3,5,7-10H2,(H2,16,18,20)/b17-14+/t12-/m0/s1. The summed E-state index contributed by atoms with van der Waals surface area (Å²) in [6.07, 6.45) is 4.57. The van der Waals surface area contributed by atoms with Crippen LogP contribution < -0.4 is 10.7 Å². The van der Waals surface area contributed by atoms with Crippen molar-refractivity contribution in [3.8, 4) is 0 Å². The van der Waals surface area contributed by atoms with E-state index in [0.717, 1.165) is 44.5 Å². The van der Waals surface area contributed by atoms with Crippen molar-refractivity contribution in [3.63, 3.8) is 0 Å². The first-order chi connectivity index (χ1) is 9.83. The van der Waals surface area contributed by atoms with Gasteiger partial charge < -0.3 is 10.1 Å². The topological polar surface area (TPSA) is 45.6 Å². The average molecular weight is 289 g/mol. The van der Waals surface area contributed by atoms with Crippen LogP contribution in [0.25, 0.3) is 0 Å². The molecule has 1 fully saturated rings. The van der Waals surface area contributed by atoms with E-state index in [2.05, 4.69) is 34.0 Å². The molecule has 20 heavy (non-hydrogen) atoms. The van der Waals surface area contributed by atoms with Gasteiger partial charge in [-0.05, 0) is 43.5 Å². The zero-order valence-electron chi connectivity index (χ0n) is 11.4. The molecule has 0 radical (unpaired) electrons. The predicted octanol–water partition coefficient (Wildman–Crippen LogP) is 1.98. The smallest absolute Gasteiger partial charge is 0.187 e. The zero-order chi connectivity index (χ0) is 13.8. The highest BCUT2D eigenvalue weighted by Crippen LogP contribution is 2.21. The van der Waals surface area contributed by atoms with E-state index in [1.807, 2.05) is 6.07 Å². The molecule has 4 nitrogen and oxygen atoms in total. The summed E-state index contributed by atoms with van der Waals surface area (Å²) in [6.45, 7) is 1.62. The van der Waals surface area contributed by atoms with Gasteiger partial charge in [0.15, 0.2) is 5.11 Å². The number of rotatable bonds is 3. The average Bonchev–Trinajstić information content (AvgIpc) is 3.12. The monoisotopic (exact) mass is 289 g/mol. The van der Waals surface area contributed by atoms with Crippen LogP contribution in [0.15, 0.2) is 29.4 Å². The van der Waals surface area contributed by atoms with Crippen molar-refractivity contribution in [1.29, 1.82) is 0 Å². The van der Waals surface area contributed by atoms with Gasteiger partial charge in [0.1, 0.15) is 0 Å². The van der Waals surface area contributed by atoms with E-state index in [1.54, 1.807) is 0 Å². The van der Waals surface area contributed by atoms with Crippen LogP contribution in [0, 0.1) is 0 Å². The van der Waals surface area contributed by atoms with Crippen LogP contribution in [0.3, 0.4) is 0 Å². The number of benzene rings is 1. The summed E-state index contributed by atoms with van der Waals surface area (Å²) >= 11 is 5.24. The van der Waals surface area contributed by atoms with Gasteiger partial charge in [0.2, 0.25) is 0 Å². The molecule has 1 aliphatic carbocycles. The van der Waals surface area contributed by atoms with Gasteiger partial charge in [-0.25, -0.2) is 0 Å². The van der Waals surface area contributed by atoms with Crippen molar-refractivity contribution >= 4 is 23.0 Å². The molecule has 0 bridgehead atoms. The third-order valence-electron chi connectivity index (χ3n) is 3.77. The van der Waals surface area contributed by atoms with Gasteiger partial charge in [-0.2, -0.15) is 5.10 Å². The second-order valence-electron chi connectivity index (χ2n) is 5.17. The second kappa shape index (κ2) is 6.33. The van der Waals surface area contributed by atoms with Gasteiger partial charge in [0.25, 0.3) is 0 Å². The normalized spacial score (nSPS) is 22.8. The van der Waals surface area contributed by atoms with Gasteiger partial charge in [0.05, 0.1) is 11.8 Å². The highest BCUT2D eigenvalue weighted by Gasteiger charge is 2.17. The number of aryl methyl sites for hydroxylation is 1. The van der Waals surface area contributed by atoms with Crippen molar-refractivity contribution in [2.24, 2.45) is 5.10 Å². The number of nitrogens with one attached hydrogen (secondary N) is 2. The molecule has 5 heteroatoms. The molecule has 3 rings (SSSR count). The molecular formula is C15H19N3OS. The van der Waals surface area contributed by atoms with E-state index in [0.29, 0.717) is 5.11 Å². The Morgan fingerprint density at radius 1 is 1.35 bits per heavy atom. The molecule has 0 amide bonds. The summed E-state index contributed by atoms with van der Waals surface area (Å²) < 4.78 is 5.54. The Kier molecular flexibility index (Phi) is 4.28. The third-order valence-corrected chi connectivity index (χ3v) is 4.00. The van der Waals surface area contributed by atoms with Crippen LogP contribution >= 0.6 is 12.2 Å². The molecule has 1 aromatic rings. The first kappa shape index (κ1) is 13.5. The molecule has 1 heterocycles. The maximum atomic E-state index is 5.54. The Bertz CT molecular complexity index is 524. The van der Waals surface area contributed by atoms with E-state index >= 15 is 0 Å². The number of thiocarbonyl (C=S) groups is 1. The molecule has 1 saturated heterocycles. The highest BCUT2D eigenvalue weighted by molar-refractivity contribution is 7.80. The lowest BCUT2D eigenvalue weighted by Gasteiger charge is -2.12. The summed E-state index contributed by atoms with van der Waals surface area (Å²) in [6, 6.07) is 8.40. The van der Waals surface area contributed by atoms with E-state index in [-0.39, 0.29) is 6.10 Å². The fourth-order valence-corrected chi connectivity index (χ4v) is 2.82. The maximum Gasteiger partial charge on any atom is 0.187 e. The molecule has 2 aliphatic rings. The fraction of sp³-hybridized carbons (Fsp3) is 0.467. The van der Waals surface area contributed by atoms with E-state index in [9.17, 15) is 0 Å². The summed E-state index contributed by atoms with van der Waals surface area (Å²) in [5, 5.41) is 8.16. The van der Waals surface area contributed by atoms with Gasteiger partial charge in [-0.15, -0.1) is 0 Å². The van der Waals surface area contributed by atoms with Gasteiger partial charge in [-0.1, -0.05) is 24.3 Å². The van der Waals surface area contributed by atoms with Crippen molar-refractivity contribution in [1.82, 2.24) is 10.7 Å². The number of ether oxygens (including phenoxy) is 1. The molecular weight excluding hydrogens is 270 g/mol. The first-order valence-electron chi connectivity index (χ1n) is 7.13. The SMILES string of the molecule is S=C(NC[C@@H]1CCCO1)N/N=C1\CCc2ccccc21. The largest absolute Gasteiger partial charge is 0.376 e. The van der Waals surface area contributed by atoms with Crippen LogP contribution in [-0.4, -0.2) is 30.1 Å². The van der Waals surface area contributed by atoms with Crippen LogP contribution in [0.5, 0.6) is 0 Å². The van der Waals surface area contributed by atoms with Crippen LogP contribution in [0.2, 0.25) is 0 Å². The highest BCUT2D eigenvalue weighted by atomic mass is 32.1. The summed E-state index contributed by atoms with van der Waals surface area (Å²) in [5.74, 6) is 0. The lowest BCUT2D eigenvalue weighted by Crippen LogP contribution is -2.37. The molecule has 0 saturated carbocycles. The maximum absolute atomic E-state index is 5.54. The van der Waals surface area contributed by atoms with Gasteiger partial charge in [0, 0.05) is 18.7 Å². The van der Waals surface area contributed by atoms with Crippen molar-refractivity contribution in [2.45, 2.75) is 31.8 Å². The van der Waals surface area contributed by atoms with E-state index in [1.165, 1.54) is 11.1 Å². The molecule has 1 aromatic carbocycles. The van der Waals surface area contributed by atoms with E-state index in [4.69, 9.17) is 17.0 Å². The predicted molar refractivity (Wildman–Crippen MR) is 84.0 cm³/mol. The first-order valence-corrected chi connectivity index (χ1v) is 7.54. The third kappa shape index (κ3) is 3.16. The molecule has 1 aliphatic heterocycles. The second-order valence-corrected chi connectivity index (χ2v) is 5.58. The van der Waals surface area contributed by atoms with Gasteiger partial charge >= 0.3 is 0 Å². The number of hydrogen-bond acceptors (Lipinski definition) is 3. The summed E-state index contributed by atoms with van der Waals surface area (Å²) in [5.41, 5.74) is 6.63. The summed E-state index contributed by atoms with van der Waals surface area (Å²) in [4.78, 5) is 0. The molecule has 106 valence electrons. The Morgan fingerprint density at radius 3 is 3.10 bits per heavy atom. The lowest BCUT2D eigenvalue weighted by molar-refractivity contribution is 0.114. The molecule has 0 unspecified atom stereocenters. The molecule has 2 N–H and O–H groups in total. The van der Waals surface area contributed by atoms with Crippen LogP contribution in [0.4, 0.5) is 0 Å². The number of fused-ring (bicyclic) bond motifs is 1. The van der Waals surface area contributed by atoms with Crippen molar-refractivity contribution in [3.05, 3.63) is 35.4 Å². The minimum Gasteiger partial charge on any atom is -0.376 e. The van der Waals surface area contributed by atoms with Crippen LogP contribution in [-0.2, 0) is 11.2 Å². The van der Waals surface area contributed by atoms with Gasteiger partial charge in [-0.3, -0.25) is 5.43 Å². The molecule has 1 atom stereocenters. The molecule has 0 spiro atoms. The fourth-order valence-electron chi connectivity index (χ4n) is 2.69. The number of hydrogen-bond donors (Lipinski definition) is 2. The Labute approximate surface area is 124 Å². The lowest BCUT2D eigenvalue weighted by atomic mass is 10.1. The van der Waals surface area contributed by atoms with E-state index < -0.39 is 0 Å². The number of nitrogens with zero attached hydrogens (tertiary/aromatic N) is 1. The molecule has 0 aromatic heterocycles.